The highest BCUT2D eigenvalue weighted by molar-refractivity contribution is 5.37. The molecule has 1 aliphatic rings. The maximum Gasteiger partial charge on any atom is 0.236 e. The van der Waals surface area contributed by atoms with E-state index in [2.05, 4.69) is 18.9 Å². The first-order valence-electron chi connectivity index (χ1n) is 3.86. The normalized spacial score (nSPS) is 21.5. The molecule has 1 aliphatic heterocycles. The molecule has 0 aliphatic carbocycles. The van der Waals surface area contributed by atoms with E-state index >= 15 is 0 Å². The Morgan fingerprint density at radius 2 is 2.36 bits per heavy atom. The standard InChI is InChI=1S/C8H12N2O/c1-5-4-11-8-7(5)6(2)10(3)9-8/h5H,4H2,1-3H3. The lowest BCUT2D eigenvalue weighted by Gasteiger charge is -2.01. The fourth-order valence-corrected chi connectivity index (χ4v) is 1.56. The van der Waals surface area contributed by atoms with Crippen LogP contribution >= 0.6 is 0 Å². The molecule has 60 valence electrons. The molecule has 1 aromatic rings. The average Bonchev–Trinajstić information content (AvgIpc) is 2.41. The summed E-state index contributed by atoms with van der Waals surface area (Å²) in [6.07, 6.45) is 0. The molecule has 1 unspecified atom stereocenters. The van der Waals surface area contributed by atoms with E-state index in [9.17, 15) is 0 Å². The molecule has 1 aromatic heterocycles. The van der Waals surface area contributed by atoms with Crippen molar-refractivity contribution in [2.75, 3.05) is 6.61 Å². The lowest BCUT2D eigenvalue weighted by molar-refractivity contribution is 0.319. The van der Waals surface area contributed by atoms with Gasteiger partial charge in [-0.05, 0) is 6.92 Å². The predicted octanol–water partition coefficient (Wildman–Crippen LogP) is 1.22. The van der Waals surface area contributed by atoms with Crippen molar-refractivity contribution >= 4 is 0 Å². The van der Waals surface area contributed by atoms with Crippen molar-refractivity contribution in [3.63, 3.8) is 0 Å². The number of hydrogen-bond acceptors (Lipinski definition) is 2. The lowest BCUT2D eigenvalue weighted by atomic mass is 10.1. The van der Waals surface area contributed by atoms with Gasteiger partial charge in [0.15, 0.2) is 0 Å². The van der Waals surface area contributed by atoms with Crippen molar-refractivity contribution in [2.45, 2.75) is 19.8 Å². The molecule has 11 heavy (non-hydrogen) atoms. The van der Waals surface area contributed by atoms with Crippen molar-refractivity contribution < 1.29 is 4.74 Å². The van der Waals surface area contributed by atoms with Crippen LogP contribution in [0.3, 0.4) is 0 Å². The summed E-state index contributed by atoms with van der Waals surface area (Å²) in [5.41, 5.74) is 2.51. The van der Waals surface area contributed by atoms with Crippen molar-refractivity contribution in [2.24, 2.45) is 7.05 Å². The van der Waals surface area contributed by atoms with Crippen LogP contribution in [0.1, 0.15) is 24.1 Å². The van der Waals surface area contributed by atoms with Gasteiger partial charge in [-0.25, -0.2) is 0 Å². The minimum absolute atomic E-state index is 0.513. The first-order chi connectivity index (χ1) is 5.20. The third-order valence-corrected chi connectivity index (χ3v) is 2.31. The van der Waals surface area contributed by atoms with Crippen LogP contribution in [0.25, 0.3) is 0 Å². The molecule has 0 fully saturated rings. The maximum absolute atomic E-state index is 5.38. The zero-order valence-electron chi connectivity index (χ0n) is 7.09. The summed E-state index contributed by atoms with van der Waals surface area (Å²) in [6.45, 7) is 5.04. The van der Waals surface area contributed by atoms with Gasteiger partial charge in [0.2, 0.25) is 5.88 Å². The van der Waals surface area contributed by atoms with E-state index < -0.39 is 0 Å². The zero-order chi connectivity index (χ0) is 8.01. The van der Waals surface area contributed by atoms with E-state index in [-0.39, 0.29) is 0 Å². The Morgan fingerprint density at radius 1 is 1.64 bits per heavy atom. The largest absolute Gasteiger partial charge is 0.476 e. The number of ether oxygens (including phenoxy) is 1. The molecule has 2 heterocycles. The van der Waals surface area contributed by atoms with Gasteiger partial charge >= 0.3 is 0 Å². The second-order valence-corrected chi connectivity index (χ2v) is 3.14. The van der Waals surface area contributed by atoms with Crippen LogP contribution in [0.2, 0.25) is 0 Å². The summed E-state index contributed by atoms with van der Waals surface area (Å²) in [6, 6.07) is 0. The van der Waals surface area contributed by atoms with Gasteiger partial charge in [-0.3, -0.25) is 4.68 Å². The highest BCUT2D eigenvalue weighted by atomic mass is 16.5. The second-order valence-electron chi connectivity index (χ2n) is 3.14. The Balaban J connectivity index is 2.58. The highest BCUT2D eigenvalue weighted by Crippen LogP contribution is 2.34. The van der Waals surface area contributed by atoms with Gasteiger partial charge in [0.05, 0.1) is 6.61 Å². The van der Waals surface area contributed by atoms with Crippen LogP contribution in [-0.4, -0.2) is 16.4 Å². The number of fused-ring (bicyclic) bond motifs is 1. The molecule has 0 saturated carbocycles. The van der Waals surface area contributed by atoms with Crippen LogP contribution in [0.4, 0.5) is 0 Å². The molecule has 1 atom stereocenters. The molecule has 0 N–H and O–H groups in total. The quantitative estimate of drug-likeness (QED) is 0.559. The van der Waals surface area contributed by atoms with Gasteiger partial charge in [-0.1, -0.05) is 6.92 Å². The minimum atomic E-state index is 0.513. The van der Waals surface area contributed by atoms with E-state index in [0.29, 0.717) is 5.92 Å². The predicted molar refractivity (Wildman–Crippen MR) is 41.9 cm³/mol. The molecule has 3 nitrogen and oxygen atoms in total. The molecule has 2 rings (SSSR count). The summed E-state index contributed by atoms with van der Waals surface area (Å²) in [4.78, 5) is 0. The average molecular weight is 152 g/mol. The molecule has 0 bridgehead atoms. The van der Waals surface area contributed by atoms with Crippen molar-refractivity contribution in [3.8, 4) is 5.88 Å². The SMILES string of the molecule is Cc1c2c(nn1C)OCC2C. The molecular weight excluding hydrogens is 140 g/mol. The summed E-state index contributed by atoms with van der Waals surface area (Å²) in [5, 5.41) is 4.24. The van der Waals surface area contributed by atoms with Crippen LogP contribution < -0.4 is 4.74 Å². The molecule has 3 heteroatoms. The van der Waals surface area contributed by atoms with Crippen molar-refractivity contribution in [3.05, 3.63) is 11.3 Å². The van der Waals surface area contributed by atoms with E-state index in [4.69, 9.17) is 4.74 Å². The number of nitrogens with zero attached hydrogens (tertiary/aromatic N) is 2. The zero-order valence-corrected chi connectivity index (χ0v) is 7.09. The maximum atomic E-state index is 5.38. The number of hydrogen-bond donors (Lipinski definition) is 0. The first-order valence-corrected chi connectivity index (χ1v) is 3.86. The monoisotopic (exact) mass is 152 g/mol. The van der Waals surface area contributed by atoms with E-state index in [1.54, 1.807) is 0 Å². The number of rotatable bonds is 0. The second kappa shape index (κ2) is 2.00. The van der Waals surface area contributed by atoms with Crippen molar-refractivity contribution in [1.82, 2.24) is 9.78 Å². The van der Waals surface area contributed by atoms with Crippen LogP contribution in [-0.2, 0) is 7.05 Å². The highest BCUT2D eigenvalue weighted by Gasteiger charge is 2.26. The van der Waals surface area contributed by atoms with Gasteiger partial charge in [-0.2, -0.15) is 0 Å². The summed E-state index contributed by atoms with van der Waals surface area (Å²) >= 11 is 0. The molecule has 0 amide bonds. The van der Waals surface area contributed by atoms with Gasteiger partial charge in [0.25, 0.3) is 0 Å². The summed E-state index contributed by atoms with van der Waals surface area (Å²) in [7, 11) is 1.95. The van der Waals surface area contributed by atoms with Crippen LogP contribution in [0, 0.1) is 6.92 Å². The smallest absolute Gasteiger partial charge is 0.236 e. The van der Waals surface area contributed by atoms with Gasteiger partial charge < -0.3 is 4.74 Å². The Morgan fingerprint density at radius 3 is 3.00 bits per heavy atom. The van der Waals surface area contributed by atoms with E-state index in [0.717, 1.165) is 12.5 Å². The number of aryl methyl sites for hydroxylation is 1. The lowest BCUT2D eigenvalue weighted by Crippen LogP contribution is -2.02. The Labute approximate surface area is 66.0 Å². The minimum Gasteiger partial charge on any atom is -0.476 e. The molecule has 0 radical (unpaired) electrons. The van der Waals surface area contributed by atoms with Gasteiger partial charge in [0.1, 0.15) is 0 Å². The van der Waals surface area contributed by atoms with Crippen molar-refractivity contribution in [1.29, 1.82) is 0 Å². The fraction of sp³-hybridized carbons (Fsp3) is 0.625. The number of aromatic nitrogens is 2. The summed E-state index contributed by atoms with van der Waals surface area (Å²) in [5.74, 6) is 1.34. The molecule has 0 saturated heterocycles. The van der Waals surface area contributed by atoms with E-state index in [1.807, 2.05) is 11.7 Å². The fourth-order valence-electron chi connectivity index (χ4n) is 1.56. The van der Waals surface area contributed by atoms with Crippen LogP contribution in [0.5, 0.6) is 5.88 Å². The van der Waals surface area contributed by atoms with E-state index in [1.165, 1.54) is 11.3 Å². The topological polar surface area (TPSA) is 27.1 Å². The molecule has 0 aromatic carbocycles. The Hall–Kier alpha value is -0.990. The molecular formula is C8H12N2O. The first kappa shape index (κ1) is 6.70. The third kappa shape index (κ3) is 0.768. The van der Waals surface area contributed by atoms with Crippen LogP contribution in [0.15, 0.2) is 0 Å². The van der Waals surface area contributed by atoms with Gasteiger partial charge in [-0.15, -0.1) is 5.10 Å². The summed E-state index contributed by atoms with van der Waals surface area (Å²) < 4.78 is 7.26. The molecule has 0 spiro atoms. The Bertz CT molecular complexity index is 291. The Kier molecular flexibility index (Phi) is 1.22. The van der Waals surface area contributed by atoms with Gasteiger partial charge in [0, 0.05) is 24.2 Å². The third-order valence-electron chi connectivity index (χ3n) is 2.31.